The van der Waals surface area contributed by atoms with Crippen molar-refractivity contribution in [1.29, 1.82) is 0 Å². The second-order valence-corrected chi connectivity index (χ2v) is 5.94. The SMILES string of the molecule is CCOc1ccc(NC(=O)c2ccc(N3CCN(C=O)CC3)cn2)cc1. The number of rotatable bonds is 6. The molecule has 0 atom stereocenters. The zero-order valence-corrected chi connectivity index (χ0v) is 14.7. The minimum absolute atomic E-state index is 0.258. The predicted octanol–water partition coefficient (Wildman–Crippen LogP) is 2.01. The third kappa shape index (κ3) is 4.30. The molecule has 1 N–H and O–H groups in total. The van der Waals surface area contributed by atoms with E-state index < -0.39 is 0 Å². The second kappa shape index (κ2) is 8.33. The van der Waals surface area contributed by atoms with Crippen molar-refractivity contribution in [2.24, 2.45) is 0 Å². The Morgan fingerprint density at radius 2 is 1.88 bits per heavy atom. The van der Waals surface area contributed by atoms with Crippen LogP contribution in [0.2, 0.25) is 0 Å². The molecule has 0 radical (unpaired) electrons. The summed E-state index contributed by atoms with van der Waals surface area (Å²) in [5.41, 5.74) is 2.00. The summed E-state index contributed by atoms with van der Waals surface area (Å²) < 4.78 is 5.38. The molecule has 1 aromatic heterocycles. The number of amides is 2. The molecule has 1 saturated heterocycles. The normalized spacial score (nSPS) is 14.0. The fourth-order valence-electron chi connectivity index (χ4n) is 2.79. The van der Waals surface area contributed by atoms with Gasteiger partial charge in [0.2, 0.25) is 6.41 Å². The van der Waals surface area contributed by atoms with E-state index in [4.69, 9.17) is 4.74 Å². The summed E-state index contributed by atoms with van der Waals surface area (Å²) in [4.78, 5) is 31.3. The molecule has 1 aromatic carbocycles. The number of carbonyl (C=O) groups is 2. The Bertz CT molecular complexity index is 738. The highest BCUT2D eigenvalue weighted by Crippen LogP contribution is 2.18. The Kier molecular flexibility index (Phi) is 5.68. The number of carbonyl (C=O) groups excluding carboxylic acids is 2. The van der Waals surface area contributed by atoms with Gasteiger partial charge < -0.3 is 19.9 Å². The topological polar surface area (TPSA) is 74.8 Å². The maximum atomic E-state index is 12.3. The van der Waals surface area contributed by atoms with E-state index in [-0.39, 0.29) is 5.91 Å². The van der Waals surface area contributed by atoms with Gasteiger partial charge in [0.05, 0.1) is 18.5 Å². The van der Waals surface area contributed by atoms with Crippen LogP contribution in [0.3, 0.4) is 0 Å². The van der Waals surface area contributed by atoms with Crippen molar-refractivity contribution < 1.29 is 14.3 Å². The van der Waals surface area contributed by atoms with Crippen LogP contribution in [-0.2, 0) is 4.79 Å². The minimum Gasteiger partial charge on any atom is -0.494 e. The highest BCUT2D eigenvalue weighted by Gasteiger charge is 2.16. The number of hydrogen-bond donors (Lipinski definition) is 1. The van der Waals surface area contributed by atoms with Gasteiger partial charge in [-0.05, 0) is 43.3 Å². The molecule has 2 amide bonds. The molecule has 2 aromatic rings. The largest absolute Gasteiger partial charge is 0.494 e. The van der Waals surface area contributed by atoms with Crippen LogP contribution in [0.25, 0.3) is 0 Å². The molecule has 1 fully saturated rings. The van der Waals surface area contributed by atoms with Gasteiger partial charge in [-0.25, -0.2) is 4.98 Å². The van der Waals surface area contributed by atoms with Crippen LogP contribution >= 0.6 is 0 Å². The van der Waals surface area contributed by atoms with Gasteiger partial charge in [0.1, 0.15) is 11.4 Å². The van der Waals surface area contributed by atoms with E-state index >= 15 is 0 Å². The fourth-order valence-corrected chi connectivity index (χ4v) is 2.79. The zero-order chi connectivity index (χ0) is 18.4. The van der Waals surface area contributed by atoms with Crippen molar-refractivity contribution in [1.82, 2.24) is 9.88 Å². The average Bonchev–Trinajstić information content (AvgIpc) is 2.70. The Balaban J connectivity index is 1.59. The summed E-state index contributed by atoms with van der Waals surface area (Å²) in [6, 6.07) is 10.8. The molecule has 0 aliphatic carbocycles. The van der Waals surface area contributed by atoms with Crippen molar-refractivity contribution in [2.45, 2.75) is 6.92 Å². The summed E-state index contributed by atoms with van der Waals surface area (Å²) in [7, 11) is 0. The first-order valence-electron chi connectivity index (χ1n) is 8.64. The minimum atomic E-state index is -0.258. The number of piperazine rings is 1. The van der Waals surface area contributed by atoms with Gasteiger partial charge in [0.25, 0.3) is 5.91 Å². The third-order valence-electron chi connectivity index (χ3n) is 4.23. The maximum absolute atomic E-state index is 12.3. The summed E-state index contributed by atoms with van der Waals surface area (Å²) >= 11 is 0. The van der Waals surface area contributed by atoms with E-state index in [2.05, 4.69) is 15.2 Å². The Morgan fingerprint density at radius 1 is 1.15 bits per heavy atom. The number of pyridine rings is 1. The molecule has 136 valence electrons. The van der Waals surface area contributed by atoms with E-state index in [0.29, 0.717) is 31.1 Å². The number of nitrogens with one attached hydrogen (secondary N) is 1. The van der Waals surface area contributed by atoms with Crippen molar-refractivity contribution >= 4 is 23.7 Å². The second-order valence-electron chi connectivity index (χ2n) is 5.94. The molecular formula is C19H22N4O3. The molecule has 0 saturated carbocycles. The summed E-state index contributed by atoms with van der Waals surface area (Å²) in [6.07, 6.45) is 2.58. The number of anilines is 2. The zero-order valence-electron chi connectivity index (χ0n) is 14.7. The summed E-state index contributed by atoms with van der Waals surface area (Å²) in [6.45, 7) is 5.45. The molecule has 1 aliphatic rings. The fraction of sp³-hybridized carbons (Fsp3) is 0.316. The van der Waals surface area contributed by atoms with Gasteiger partial charge in [0, 0.05) is 31.9 Å². The van der Waals surface area contributed by atoms with Gasteiger partial charge in [0.15, 0.2) is 0 Å². The maximum Gasteiger partial charge on any atom is 0.274 e. The van der Waals surface area contributed by atoms with Crippen molar-refractivity contribution in [3.63, 3.8) is 0 Å². The first-order chi connectivity index (χ1) is 12.7. The number of ether oxygens (including phenoxy) is 1. The van der Waals surface area contributed by atoms with Crippen LogP contribution in [0.15, 0.2) is 42.6 Å². The van der Waals surface area contributed by atoms with E-state index in [1.165, 1.54) is 0 Å². The van der Waals surface area contributed by atoms with E-state index in [9.17, 15) is 9.59 Å². The van der Waals surface area contributed by atoms with Crippen LogP contribution < -0.4 is 15.0 Å². The molecular weight excluding hydrogens is 332 g/mol. The lowest BCUT2D eigenvalue weighted by molar-refractivity contribution is -0.118. The Morgan fingerprint density at radius 3 is 2.46 bits per heavy atom. The van der Waals surface area contributed by atoms with E-state index in [1.807, 2.05) is 25.1 Å². The molecule has 7 heteroatoms. The number of benzene rings is 1. The van der Waals surface area contributed by atoms with Crippen molar-refractivity contribution in [2.75, 3.05) is 43.0 Å². The monoisotopic (exact) mass is 354 g/mol. The lowest BCUT2D eigenvalue weighted by Crippen LogP contribution is -2.45. The van der Waals surface area contributed by atoms with Gasteiger partial charge in [-0.1, -0.05) is 0 Å². The molecule has 3 rings (SSSR count). The number of hydrogen-bond acceptors (Lipinski definition) is 5. The number of nitrogens with zero attached hydrogens (tertiary/aromatic N) is 3. The first-order valence-corrected chi connectivity index (χ1v) is 8.64. The van der Waals surface area contributed by atoms with E-state index in [1.54, 1.807) is 29.3 Å². The average molecular weight is 354 g/mol. The number of aromatic nitrogens is 1. The molecule has 1 aliphatic heterocycles. The highest BCUT2D eigenvalue weighted by molar-refractivity contribution is 6.02. The summed E-state index contributed by atoms with van der Waals surface area (Å²) in [5, 5.41) is 2.82. The van der Waals surface area contributed by atoms with Crippen molar-refractivity contribution in [3.8, 4) is 5.75 Å². The molecule has 2 heterocycles. The molecule has 0 bridgehead atoms. The molecule has 7 nitrogen and oxygen atoms in total. The lowest BCUT2D eigenvalue weighted by Gasteiger charge is -2.33. The quantitative estimate of drug-likeness (QED) is 0.803. The van der Waals surface area contributed by atoms with Crippen LogP contribution in [0, 0.1) is 0 Å². The van der Waals surface area contributed by atoms with Gasteiger partial charge in [-0.2, -0.15) is 0 Å². The van der Waals surface area contributed by atoms with Gasteiger partial charge in [-0.3, -0.25) is 9.59 Å². The van der Waals surface area contributed by atoms with Crippen LogP contribution in [0.4, 0.5) is 11.4 Å². The molecule has 0 unspecified atom stereocenters. The van der Waals surface area contributed by atoms with Crippen LogP contribution in [0.5, 0.6) is 5.75 Å². The van der Waals surface area contributed by atoms with Crippen molar-refractivity contribution in [3.05, 3.63) is 48.3 Å². The van der Waals surface area contributed by atoms with Gasteiger partial charge in [-0.15, -0.1) is 0 Å². The lowest BCUT2D eigenvalue weighted by atomic mass is 10.2. The third-order valence-corrected chi connectivity index (χ3v) is 4.23. The standard InChI is InChI=1S/C19H22N4O3/c1-2-26-17-6-3-15(4-7-17)21-19(25)18-8-5-16(13-20-18)23-11-9-22(14-24)10-12-23/h3-8,13-14H,2,9-12H2,1H3,(H,21,25). The molecule has 0 spiro atoms. The Labute approximate surface area is 152 Å². The first kappa shape index (κ1) is 17.7. The smallest absolute Gasteiger partial charge is 0.274 e. The van der Waals surface area contributed by atoms with Gasteiger partial charge >= 0.3 is 0 Å². The van der Waals surface area contributed by atoms with E-state index in [0.717, 1.165) is 30.9 Å². The van der Waals surface area contributed by atoms with Crippen LogP contribution in [0.1, 0.15) is 17.4 Å². The molecule has 26 heavy (non-hydrogen) atoms. The van der Waals surface area contributed by atoms with Crippen LogP contribution in [-0.4, -0.2) is 55.0 Å². The Hall–Kier alpha value is -3.09. The predicted molar refractivity (Wildman–Crippen MR) is 99.7 cm³/mol. The summed E-state index contributed by atoms with van der Waals surface area (Å²) in [5.74, 6) is 0.508. The highest BCUT2D eigenvalue weighted by atomic mass is 16.5.